The maximum Gasteiger partial charge on any atom is 0.115 e. The Bertz CT molecular complexity index is 652. The Hall–Kier alpha value is -2.08. The number of aryl methyl sites for hydroxylation is 1. The molecule has 4 atom stereocenters. The van der Waals surface area contributed by atoms with Crippen LogP contribution in [0.25, 0.3) is 0 Å². The molecule has 5 nitrogen and oxygen atoms in total. The van der Waals surface area contributed by atoms with Gasteiger partial charge in [0.25, 0.3) is 0 Å². The molecule has 0 unspecified atom stereocenters. The van der Waals surface area contributed by atoms with Crippen LogP contribution in [0.3, 0.4) is 0 Å². The molecule has 1 aliphatic heterocycles. The van der Waals surface area contributed by atoms with E-state index >= 15 is 0 Å². The number of aromatic hydroxyl groups is 2. The molecule has 0 aromatic heterocycles. The van der Waals surface area contributed by atoms with Crippen LogP contribution in [0.1, 0.15) is 30.1 Å². The Morgan fingerprint density at radius 1 is 0.875 bits per heavy atom. The largest absolute Gasteiger partial charge is 0.508 e. The highest BCUT2D eigenvalue weighted by Gasteiger charge is 2.37. The lowest BCUT2D eigenvalue weighted by molar-refractivity contribution is -0.172. The Kier molecular flexibility index (Phi) is 5.04. The zero-order chi connectivity index (χ0) is 17.1. The highest BCUT2D eigenvalue weighted by Crippen LogP contribution is 2.34. The van der Waals surface area contributed by atoms with E-state index in [2.05, 4.69) is 0 Å². The van der Waals surface area contributed by atoms with Crippen LogP contribution in [-0.4, -0.2) is 38.7 Å². The zero-order valence-corrected chi connectivity index (χ0v) is 13.2. The summed E-state index contributed by atoms with van der Waals surface area (Å²) in [7, 11) is 0. The molecule has 0 spiro atoms. The summed E-state index contributed by atoms with van der Waals surface area (Å²) in [5.74, 6) is 0.382. The smallest absolute Gasteiger partial charge is 0.115 e. The van der Waals surface area contributed by atoms with Gasteiger partial charge in [-0.05, 0) is 48.2 Å². The fourth-order valence-corrected chi connectivity index (χ4v) is 3.07. The Morgan fingerprint density at radius 3 is 2.08 bits per heavy atom. The molecule has 128 valence electrons. The summed E-state index contributed by atoms with van der Waals surface area (Å²) in [4.78, 5) is 0. The third-order valence-corrected chi connectivity index (χ3v) is 4.46. The molecule has 4 N–H and O–H groups in total. The van der Waals surface area contributed by atoms with Crippen molar-refractivity contribution in [2.45, 2.75) is 43.7 Å². The highest BCUT2D eigenvalue weighted by atomic mass is 16.5. The van der Waals surface area contributed by atoms with E-state index in [1.165, 1.54) is 12.1 Å². The summed E-state index contributed by atoms with van der Waals surface area (Å²) in [6.45, 7) is 0. The second-order valence-corrected chi connectivity index (χ2v) is 6.27. The van der Waals surface area contributed by atoms with Crippen molar-refractivity contribution >= 4 is 0 Å². The van der Waals surface area contributed by atoms with Crippen molar-refractivity contribution in [3.05, 3.63) is 59.7 Å². The fourth-order valence-electron chi connectivity index (χ4n) is 3.07. The number of ether oxygens (including phenoxy) is 1. The molecule has 1 fully saturated rings. The normalized spacial score (nSPS) is 27.1. The second-order valence-electron chi connectivity index (χ2n) is 6.27. The van der Waals surface area contributed by atoms with Gasteiger partial charge in [-0.15, -0.1) is 0 Å². The third kappa shape index (κ3) is 3.87. The average Bonchev–Trinajstić information content (AvgIpc) is 2.58. The molecular formula is C19H22O5. The van der Waals surface area contributed by atoms with Gasteiger partial charge in [0.1, 0.15) is 23.7 Å². The van der Waals surface area contributed by atoms with Gasteiger partial charge in [-0.2, -0.15) is 0 Å². The van der Waals surface area contributed by atoms with Crippen molar-refractivity contribution in [1.82, 2.24) is 0 Å². The minimum atomic E-state index is -0.987. The van der Waals surface area contributed by atoms with Crippen LogP contribution in [0.4, 0.5) is 0 Å². The molecule has 1 heterocycles. The highest BCUT2D eigenvalue weighted by molar-refractivity contribution is 5.29. The lowest BCUT2D eigenvalue weighted by Crippen LogP contribution is -2.43. The van der Waals surface area contributed by atoms with E-state index < -0.39 is 18.3 Å². The van der Waals surface area contributed by atoms with Crippen molar-refractivity contribution in [1.29, 1.82) is 0 Å². The van der Waals surface area contributed by atoms with Gasteiger partial charge in [-0.3, -0.25) is 0 Å². The van der Waals surface area contributed by atoms with Gasteiger partial charge in [-0.1, -0.05) is 24.3 Å². The molecule has 0 amide bonds. The van der Waals surface area contributed by atoms with Gasteiger partial charge in [0.05, 0.1) is 12.2 Å². The molecule has 24 heavy (non-hydrogen) atoms. The van der Waals surface area contributed by atoms with Crippen LogP contribution in [0.2, 0.25) is 0 Å². The standard InChI is InChI=1S/C19H22O5/c20-14-6-1-12(2-7-14)3-10-16-11-17(22)18(23)19(24-16)13-4-8-15(21)9-5-13/h1-2,4-9,16-23H,3,10-11H2/t16-,17-,18-,19+/m0/s1. The van der Waals surface area contributed by atoms with E-state index in [0.29, 0.717) is 12.8 Å². The first kappa shape index (κ1) is 16.8. The van der Waals surface area contributed by atoms with E-state index in [0.717, 1.165) is 17.5 Å². The van der Waals surface area contributed by atoms with Gasteiger partial charge in [-0.25, -0.2) is 0 Å². The number of aliphatic hydroxyl groups is 2. The Morgan fingerprint density at radius 2 is 1.46 bits per heavy atom. The number of rotatable bonds is 4. The van der Waals surface area contributed by atoms with E-state index in [4.69, 9.17) is 4.74 Å². The minimum Gasteiger partial charge on any atom is -0.508 e. The summed E-state index contributed by atoms with van der Waals surface area (Å²) < 4.78 is 6.00. The van der Waals surface area contributed by atoms with Crippen LogP contribution >= 0.6 is 0 Å². The number of aliphatic hydroxyl groups excluding tert-OH is 2. The van der Waals surface area contributed by atoms with Gasteiger partial charge >= 0.3 is 0 Å². The predicted octanol–water partition coefficient (Wildman–Crippen LogP) is 2.28. The molecule has 0 aliphatic carbocycles. The molecule has 0 radical (unpaired) electrons. The zero-order valence-electron chi connectivity index (χ0n) is 13.2. The SMILES string of the molecule is Oc1ccc(CC[C@H]2C[C@H](O)[C@H](O)[C@@H](c3ccc(O)cc3)O2)cc1. The first-order valence-electron chi connectivity index (χ1n) is 8.11. The Labute approximate surface area is 140 Å². The second kappa shape index (κ2) is 7.21. The molecule has 1 aliphatic rings. The molecular weight excluding hydrogens is 308 g/mol. The van der Waals surface area contributed by atoms with Crippen molar-refractivity contribution in [2.24, 2.45) is 0 Å². The van der Waals surface area contributed by atoms with Crippen LogP contribution < -0.4 is 0 Å². The monoisotopic (exact) mass is 330 g/mol. The number of benzene rings is 2. The number of hydrogen-bond acceptors (Lipinski definition) is 5. The molecule has 3 rings (SSSR count). The maximum absolute atomic E-state index is 10.2. The van der Waals surface area contributed by atoms with Crippen molar-refractivity contribution < 1.29 is 25.2 Å². The van der Waals surface area contributed by atoms with E-state index in [-0.39, 0.29) is 17.6 Å². The number of hydrogen-bond donors (Lipinski definition) is 4. The number of phenols is 2. The first-order valence-corrected chi connectivity index (χ1v) is 8.11. The molecule has 2 aromatic carbocycles. The maximum atomic E-state index is 10.2. The van der Waals surface area contributed by atoms with E-state index in [1.807, 2.05) is 12.1 Å². The topological polar surface area (TPSA) is 90.2 Å². The predicted molar refractivity (Wildman–Crippen MR) is 88.8 cm³/mol. The summed E-state index contributed by atoms with van der Waals surface area (Å²) in [6, 6.07) is 13.5. The van der Waals surface area contributed by atoms with Crippen LogP contribution in [0.15, 0.2) is 48.5 Å². The van der Waals surface area contributed by atoms with Crippen LogP contribution in [0.5, 0.6) is 11.5 Å². The van der Waals surface area contributed by atoms with Crippen molar-refractivity contribution in [3.63, 3.8) is 0 Å². The molecule has 5 heteroatoms. The fraction of sp³-hybridized carbons (Fsp3) is 0.368. The Balaban J connectivity index is 1.66. The minimum absolute atomic E-state index is 0.147. The quantitative estimate of drug-likeness (QED) is 0.690. The molecule has 0 saturated carbocycles. The summed E-state index contributed by atoms with van der Waals surface area (Å²) in [6.07, 6.45) is -0.760. The summed E-state index contributed by atoms with van der Waals surface area (Å²) in [5.41, 5.74) is 1.81. The third-order valence-electron chi connectivity index (χ3n) is 4.46. The average molecular weight is 330 g/mol. The van der Waals surface area contributed by atoms with E-state index in [9.17, 15) is 20.4 Å². The first-order chi connectivity index (χ1) is 11.5. The van der Waals surface area contributed by atoms with Crippen molar-refractivity contribution in [2.75, 3.05) is 0 Å². The molecule has 2 aromatic rings. The van der Waals surface area contributed by atoms with E-state index in [1.54, 1.807) is 24.3 Å². The van der Waals surface area contributed by atoms with Crippen LogP contribution in [0, 0.1) is 0 Å². The summed E-state index contributed by atoms with van der Waals surface area (Å²) in [5, 5.41) is 39.1. The van der Waals surface area contributed by atoms with Gasteiger partial charge in [0.15, 0.2) is 0 Å². The van der Waals surface area contributed by atoms with Gasteiger partial charge < -0.3 is 25.2 Å². The van der Waals surface area contributed by atoms with Gasteiger partial charge in [0.2, 0.25) is 0 Å². The molecule has 1 saturated heterocycles. The van der Waals surface area contributed by atoms with Crippen LogP contribution in [-0.2, 0) is 11.2 Å². The van der Waals surface area contributed by atoms with Gasteiger partial charge in [0, 0.05) is 6.42 Å². The lowest BCUT2D eigenvalue weighted by Gasteiger charge is -2.37. The van der Waals surface area contributed by atoms with Crippen molar-refractivity contribution in [3.8, 4) is 11.5 Å². The summed E-state index contributed by atoms with van der Waals surface area (Å²) >= 11 is 0. The number of phenolic OH excluding ortho intramolecular Hbond substituents is 2. The lowest BCUT2D eigenvalue weighted by atomic mass is 9.91. The molecule has 0 bridgehead atoms.